The number of ether oxygens (including phenoxy) is 2. The number of alkyl halides is 3. The number of nitrogens with zero attached hydrogens (tertiary/aromatic N) is 4. The Bertz CT molecular complexity index is 1000. The number of benzene rings is 1. The van der Waals surface area contributed by atoms with Crippen molar-refractivity contribution in [3.05, 3.63) is 41.1 Å². The molecular weight excluding hydrogens is 389 g/mol. The summed E-state index contributed by atoms with van der Waals surface area (Å²) in [5.74, 6) is 0.195. The van der Waals surface area contributed by atoms with Crippen molar-refractivity contribution in [2.75, 3.05) is 14.2 Å². The van der Waals surface area contributed by atoms with E-state index in [4.69, 9.17) is 9.47 Å². The average Bonchev–Trinajstić information content (AvgIpc) is 3.10. The Kier molecular flexibility index (Phi) is 5.65. The summed E-state index contributed by atoms with van der Waals surface area (Å²) in [5.41, 5.74) is 0.548. The van der Waals surface area contributed by atoms with E-state index in [-0.39, 0.29) is 11.9 Å². The van der Waals surface area contributed by atoms with Crippen LogP contribution in [0.25, 0.3) is 11.0 Å². The first kappa shape index (κ1) is 20.8. The highest BCUT2D eigenvalue weighted by Crippen LogP contribution is 2.35. The number of aromatic nitrogens is 4. The number of methoxy groups -OCH3 is 2. The van der Waals surface area contributed by atoms with Crippen LogP contribution in [0.2, 0.25) is 0 Å². The summed E-state index contributed by atoms with van der Waals surface area (Å²) in [6.45, 7) is 3.57. The Hall–Kier alpha value is -2.88. The molecule has 0 aliphatic rings. The van der Waals surface area contributed by atoms with Gasteiger partial charge in [-0.25, -0.2) is 4.68 Å². The van der Waals surface area contributed by atoms with Crippen molar-refractivity contribution in [3.8, 4) is 11.9 Å². The fraction of sp³-hybridized carbons (Fsp3) is 0.421. The lowest BCUT2D eigenvalue weighted by molar-refractivity contribution is -0.137. The van der Waals surface area contributed by atoms with Gasteiger partial charge in [0.2, 0.25) is 5.88 Å². The highest BCUT2D eigenvalue weighted by molar-refractivity contribution is 5.84. The summed E-state index contributed by atoms with van der Waals surface area (Å²) >= 11 is 0. The number of aliphatic hydroxyl groups excluding tert-OH is 1. The van der Waals surface area contributed by atoms with Crippen molar-refractivity contribution in [2.24, 2.45) is 0 Å². The van der Waals surface area contributed by atoms with Crippen molar-refractivity contribution in [2.45, 2.75) is 38.6 Å². The quantitative estimate of drug-likeness (QED) is 0.663. The topological polar surface area (TPSA) is 82.3 Å². The molecule has 1 N–H and O–H groups in total. The molecule has 0 saturated heterocycles. The minimum Gasteiger partial charge on any atom is -0.480 e. The van der Waals surface area contributed by atoms with Crippen LogP contribution in [0.1, 0.15) is 49.2 Å². The number of aliphatic hydroxyl groups is 1. The summed E-state index contributed by atoms with van der Waals surface area (Å²) in [5, 5.41) is 15.4. The highest BCUT2D eigenvalue weighted by atomic mass is 19.4. The van der Waals surface area contributed by atoms with Gasteiger partial charge in [0.1, 0.15) is 11.1 Å². The molecule has 3 aromatic rings. The summed E-state index contributed by atoms with van der Waals surface area (Å²) in [6.07, 6.45) is -4.90. The molecule has 0 aliphatic heterocycles. The molecule has 0 bridgehead atoms. The van der Waals surface area contributed by atoms with Gasteiger partial charge in [0.05, 0.1) is 31.9 Å². The zero-order valence-electron chi connectivity index (χ0n) is 16.4. The first-order chi connectivity index (χ1) is 13.7. The molecule has 29 heavy (non-hydrogen) atoms. The molecule has 0 amide bonds. The lowest BCUT2D eigenvalue weighted by Gasteiger charge is -2.15. The van der Waals surface area contributed by atoms with Crippen molar-refractivity contribution in [1.29, 1.82) is 0 Å². The lowest BCUT2D eigenvalue weighted by Crippen LogP contribution is -2.11. The highest BCUT2D eigenvalue weighted by Gasteiger charge is 2.31. The molecule has 2 aromatic heterocycles. The average molecular weight is 410 g/mol. The predicted octanol–water partition coefficient (Wildman–Crippen LogP) is 3.92. The number of fused-ring (bicyclic) bond motifs is 1. The van der Waals surface area contributed by atoms with Crippen LogP contribution in [-0.2, 0) is 6.18 Å². The molecule has 0 aliphatic carbocycles. The molecule has 1 aromatic carbocycles. The third-order valence-electron chi connectivity index (χ3n) is 4.69. The second-order valence-corrected chi connectivity index (χ2v) is 6.47. The molecule has 0 spiro atoms. The first-order valence-corrected chi connectivity index (χ1v) is 8.94. The molecule has 156 valence electrons. The Morgan fingerprint density at radius 1 is 1.10 bits per heavy atom. The summed E-state index contributed by atoms with van der Waals surface area (Å²) in [4.78, 5) is 8.49. The van der Waals surface area contributed by atoms with Crippen molar-refractivity contribution >= 4 is 11.0 Å². The maximum absolute atomic E-state index is 12.9. The molecule has 10 heteroatoms. The second-order valence-electron chi connectivity index (χ2n) is 6.47. The number of hydrogen-bond donors (Lipinski definition) is 1. The van der Waals surface area contributed by atoms with E-state index in [0.717, 1.165) is 12.1 Å². The third-order valence-corrected chi connectivity index (χ3v) is 4.69. The number of halogens is 3. The zero-order valence-corrected chi connectivity index (χ0v) is 16.4. The van der Waals surface area contributed by atoms with Crippen LogP contribution >= 0.6 is 0 Å². The Labute approximate surface area is 165 Å². The number of hydrogen-bond acceptors (Lipinski definition) is 6. The molecule has 7 nitrogen and oxygen atoms in total. The van der Waals surface area contributed by atoms with Crippen LogP contribution in [0.5, 0.6) is 11.9 Å². The van der Waals surface area contributed by atoms with Gasteiger partial charge in [0, 0.05) is 0 Å². The van der Waals surface area contributed by atoms with Crippen LogP contribution in [0.15, 0.2) is 24.3 Å². The molecule has 2 unspecified atom stereocenters. The van der Waals surface area contributed by atoms with Crippen LogP contribution in [0.4, 0.5) is 13.2 Å². The summed E-state index contributed by atoms with van der Waals surface area (Å²) < 4.78 is 50.6. The Balaban J connectivity index is 2.17. The molecule has 2 heterocycles. The van der Waals surface area contributed by atoms with E-state index in [1.807, 2.05) is 0 Å². The van der Waals surface area contributed by atoms with Gasteiger partial charge in [-0.2, -0.15) is 28.2 Å². The van der Waals surface area contributed by atoms with E-state index in [1.165, 1.54) is 31.0 Å². The second kappa shape index (κ2) is 7.86. The van der Waals surface area contributed by atoms with E-state index in [9.17, 15) is 18.3 Å². The Morgan fingerprint density at radius 3 is 2.28 bits per heavy atom. The maximum Gasteiger partial charge on any atom is 0.416 e. The van der Waals surface area contributed by atoms with Gasteiger partial charge in [0.15, 0.2) is 5.65 Å². The van der Waals surface area contributed by atoms with E-state index in [2.05, 4.69) is 15.1 Å². The third kappa shape index (κ3) is 3.84. The monoisotopic (exact) mass is 410 g/mol. The molecule has 0 saturated carbocycles. The van der Waals surface area contributed by atoms with Crippen molar-refractivity contribution in [1.82, 2.24) is 19.7 Å². The van der Waals surface area contributed by atoms with Gasteiger partial charge >= 0.3 is 12.2 Å². The van der Waals surface area contributed by atoms with Crippen LogP contribution in [-0.4, -0.2) is 39.1 Å². The van der Waals surface area contributed by atoms with E-state index >= 15 is 0 Å². The largest absolute Gasteiger partial charge is 0.480 e. The molecule has 0 fully saturated rings. The van der Waals surface area contributed by atoms with Gasteiger partial charge in [-0.1, -0.05) is 19.1 Å². The molecular formula is C19H21F3N4O3. The van der Waals surface area contributed by atoms with E-state index in [1.54, 1.807) is 13.8 Å². The predicted molar refractivity (Wildman–Crippen MR) is 98.9 cm³/mol. The fourth-order valence-corrected chi connectivity index (χ4v) is 3.04. The van der Waals surface area contributed by atoms with Gasteiger partial charge in [-0.3, -0.25) is 0 Å². The van der Waals surface area contributed by atoms with Crippen LogP contribution in [0.3, 0.4) is 0 Å². The number of rotatable bonds is 6. The standard InChI is InChI=1S/C19H21F3N4O3/c1-5-13(27)15-14-16(23-18(29-4)24-17(14)28-3)26(25-15)10(2)11-6-8-12(9-7-11)19(20,21)22/h6-10,13,27H,5H2,1-4H3. The fourth-order valence-electron chi connectivity index (χ4n) is 3.04. The first-order valence-electron chi connectivity index (χ1n) is 8.94. The van der Waals surface area contributed by atoms with E-state index < -0.39 is 23.9 Å². The maximum atomic E-state index is 12.9. The summed E-state index contributed by atoms with van der Waals surface area (Å²) in [6, 6.07) is 4.42. The van der Waals surface area contributed by atoms with Gasteiger partial charge in [-0.05, 0) is 31.0 Å². The minimum atomic E-state index is -4.41. The van der Waals surface area contributed by atoms with Gasteiger partial charge < -0.3 is 14.6 Å². The lowest BCUT2D eigenvalue weighted by atomic mass is 10.1. The van der Waals surface area contributed by atoms with Crippen LogP contribution < -0.4 is 9.47 Å². The Morgan fingerprint density at radius 2 is 1.76 bits per heavy atom. The van der Waals surface area contributed by atoms with E-state index in [0.29, 0.717) is 28.7 Å². The van der Waals surface area contributed by atoms with Crippen molar-refractivity contribution < 1.29 is 27.8 Å². The zero-order chi connectivity index (χ0) is 21.3. The normalized spacial score (nSPS) is 14.1. The van der Waals surface area contributed by atoms with Crippen LogP contribution in [0, 0.1) is 0 Å². The molecule has 2 atom stereocenters. The SMILES string of the molecule is CCC(O)c1nn(C(C)c2ccc(C(F)(F)F)cc2)c2nc(OC)nc(OC)c12. The van der Waals surface area contributed by atoms with Crippen molar-refractivity contribution in [3.63, 3.8) is 0 Å². The van der Waals surface area contributed by atoms with Gasteiger partial charge in [-0.15, -0.1) is 0 Å². The molecule has 3 rings (SSSR count). The summed E-state index contributed by atoms with van der Waals surface area (Å²) in [7, 11) is 2.84. The molecule has 0 radical (unpaired) electrons. The van der Waals surface area contributed by atoms with Gasteiger partial charge in [0.25, 0.3) is 0 Å². The minimum absolute atomic E-state index is 0.0488. The smallest absolute Gasteiger partial charge is 0.416 e.